The van der Waals surface area contributed by atoms with Crippen LogP contribution in [0.4, 0.5) is 0 Å². The van der Waals surface area contributed by atoms with E-state index in [1.165, 1.54) is 12.1 Å². The maximum Gasteiger partial charge on any atom is 0.240 e. The van der Waals surface area contributed by atoms with Gasteiger partial charge in [-0.15, -0.1) is 0 Å². The third-order valence-corrected chi connectivity index (χ3v) is 4.17. The highest BCUT2D eigenvalue weighted by atomic mass is 35.5. The van der Waals surface area contributed by atoms with Gasteiger partial charge in [-0.25, -0.2) is 13.1 Å². The molecule has 6 heteroatoms. The van der Waals surface area contributed by atoms with Gasteiger partial charge in [-0.3, -0.25) is 0 Å². The van der Waals surface area contributed by atoms with Gasteiger partial charge in [0.05, 0.1) is 4.90 Å². The van der Waals surface area contributed by atoms with Crippen LogP contribution in [0.15, 0.2) is 47.6 Å². The van der Waals surface area contributed by atoms with E-state index in [4.69, 9.17) is 11.6 Å². The lowest BCUT2D eigenvalue weighted by atomic mass is 10.2. The Morgan fingerprint density at radius 1 is 1.28 bits per heavy atom. The summed E-state index contributed by atoms with van der Waals surface area (Å²) in [7, 11) is -3.48. The number of benzene rings is 1. The second-order valence-electron chi connectivity index (χ2n) is 3.82. The average Bonchev–Trinajstić information content (AvgIpc) is 2.82. The summed E-state index contributed by atoms with van der Waals surface area (Å²) >= 11 is 5.77. The molecule has 0 radical (unpaired) electrons. The molecular formula is C12H13ClN2O2S. The highest BCUT2D eigenvalue weighted by Gasteiger charge is 2.13. The van der Waals surface area contributed by atoms with Crippen LogP contribution < -0.4 is 4.72 Å². The summed E-state index contributed by atoms with van der Waals surface area (Å²) in [4.78, 5) is 3.11. The molecule has 0 bridgehead atoms. The van der Waals surface area contributed by atoms with Crippen molar-refractivity contribution in [2.45, 2.75) is 11.3 Å². The second kappa shape index (κ2) is 5.56. The molecule has 0 atom stereocenters. The van der Waals surface area contributed by atoms with Crippen molar-refractivity contribution in [2.75, 3.05) is 6.54 Å². The van der Waals surface area contributed by atoms with E-state index >= 15 is 0 Å². The largest absolute Gasteiger partial charge is 0.367 e. The number of hydrogen-bond acceptors (Lipinski definition) is 2. The van der Waals surface area contributed by atoms with Crippen LogP contribution in [-0.2, 0) is 16.4 Å². The van der Waals surface area contributed by atoms with Crippen LogP contribution >= 0.6 is 11.6 Å². The summed E-state index contributed by atoms with van der Waals surface area (Å²) in [6.07, 6.45) is 4.29. The number of nitrogens with one attached hydrogen (secondary N) is 2. The number of hydrogen-bond donors (Lipinski definition) is 2. The van der Waals surface area contributed by atoms with E-state index in [2.05, 4.69) is 9.71 Å². The molecule has 0 spiro atoms. The van der Waals surface area contributed by atoms with Crippen molar-refractivity contribution < 1.29 is 8.42 Å². The van der Waals surface area contributed by atoms with Crippen molar-refractivity contribution in [1.82, 2.24) is 9.71 Å². The fourth-order valence-electron chi connectivity index (χ4n) is 1.56. The lowest BCUT2D eigenvalue weighted by Crippen LogP contribution is -2.25. The van der Waals surface area contributed by atoms with Gasteiger partial charge in [0.1, 0.15) is 0 Å². The number of aromatic amines is 1. The molecule has 0 saturated carbocycles. The zero-order chi connectivity index (χ0) is 13.0. The first-order chi connectivity index (χ1) is 8.58. The van der Waals surface area contributed by atoms with E-state index < -0.39 is 10.0 Å². The summed E-state index contributed by atoms with van der Waals surface area (Å²) in [5.74, 6) is 0. The van der Waals surface area contributed by atoms with Crippen molar-refractivity contribution in [3.8, 4) is 0 Å². The van der Waals surface area contributed by atoms with E-state index in [0.29, 0.717) is 18.0 Å². The molecule has 2 N–H and O–H groups in total. The molecule has 2 rings (SSSR count). The summed E-state index contributed by atoms with van der Waals surface area (Å²) in [5.41, 5.74) is 1.06. The van der Waals surface area contributed by atoms with Gasteiger partial charge in [-0.05, 0) is 36.2 Å². The van der Waals surface area contributed by atoms with Crippen molar-refractivity contribution in [3.05, 3.63) is 53.3 Å². The maximum atomic E-state index is 11.9. The Kier molecular flexibility index (Phi) is 4.06. The standard InChI is InChI=1S/C12H13ClN2O2S/c13-11-2-1-3-12(8-11)18(16,17)15-7-5-10-4-6-14-9-10/h1-4,6,8-9,14-15H,5,7H2. The van der Waals surface area contributed by atoms with Crippen LogP contribution in [0.5, 0.6) is 0 Å². The van der Waals surface area contributed by atoms with Gasteiger partial charge in [0.25, 0.3) is 0 Å². The van der Waals surface area contributed by atoms with E-state index in [-0.39, 0.29) is 4.90 Å². The number of rotatable bonds is 5. The smallest absolute Gasteiger partial charge is 0.240 e. The highest BCUT2D eigenvalue weighted by Crippen LogP contribution is 2.15. The van der Waals surface area contributed by atoms with Crippen molar-refractivity contribution in [1.29, 1.82) is 0 Å². The lowest BCUT2D eigenvalue weighted by Gasteiger charge is -2.06. The Morgan fingerprint density at radius 2 is 2.11 bits per heavy atom. The Balaban J connectivity index is 1.99. The molecule has 0 aliphatic rings. The molecule has 0 aliphatic heterocycles. The van der Waals surface area contributed by atoms with Crippen molar-refractivity contribution in [3.63, 3.8) is 0 Å². The first kappa shape index (κ1) is 13.1. The van der Waals surface area contributed by atoms with Crippen LogP contribution in [-0.4, -0.2) is 19.9 Å². The monoisotopic (exact) mass is 284 g/mol. The first-order valence-electron chi connectivity index (χ1n) is 5.45. The Labute approximate surface area is 111 Å². The summed E-state index contributed by atoms with van der Waals surface area (Å²) < 4.78 is 26.4. The highest BCUT2D eigenvalue weighted by molar-refractivity contribution is 7.89. The van der Waals surface area contributed by atoms with E-state index in [0.717, 1.165) is 5.56 Å². The molecule has 0 aliphatic carbocycles. The van der Waals surface area contributed by atoms with Crippen LogP contribution in [0.2, 0.25) is 5.02 Å². The van der Waals surface area contributed by atoms with Gasteiger partial charge in [-0.1, -0.05) is 17.7 Å². The van der Waals surface area contributed by atoms with Gasteiger partial charge in [-0.2, -0.15) is 0 Å². The number of H-pyrrole nitrogens is 1. The molecule has 0 amide bonds. The Hall–Kier alpha value is -1.30. The molecule has 1 heterocycles. The van der Waals surface area contributed by atoms with E-state index in [1.807, 2.05) is 12.3 Å². The predicted octanol–water partition coefficient (Wildman–Crippen LogP) is 2.19. The summed E-state index contributed by atoms with van der Waals surface area (Å²) in [5, 5.41) is 0.406. The normalized spacial score (nSPS) is 11.6. The van der Waals surface area contributed by atoms with Crippen LogP contribution in [0.1, 0.15) is 5.56 Å². The van der Waals surface area contributed by atoms with Gasteiger partial charge >= 0.3 is 0 Å². The molecule has 18 heavy (non-hydrogen) atoms. The number of sulfonamides is 1. The fourth-order valence-corrected chi connectivity index (χ4v) is 2.89. The zero-order valence-corrected chi connectivity index (χ0v) is 11.1. The Bertz CT molecular complexity index is 609. The quantitative estimate of drug-likeness (QED) is 0.884. The fraction of sp³-hybridized carbons (Fsp3) is 0.167. The zero-order valence-electron chi connectivity index (χ0n) is 9.56. The molecule has 1 aromatic carbocycles. The van der Waals surface area contributed by atoms with Gasteiger partial charge in [0, 0.05) is 24.0 Å². The van der Waals surface area contributed by atoms with E-state index in [1.54, 1.807) is 18.3 Å². The van der Waals surface area contributed by atoms with Gasteiger partial charge in [0.15, 0.2) is 0 Å². The molecule has 96 valence electrons. The average molecular weight is 285 g/mol. The first-order valence-corrected chi connectivity index (χ1v) is 7.31. The van der Waals surface area contributed by atoms with E-state index in [9.17, 15) is 8.42 Å². The lowest BCUT2D eigenvalue weighted by molar-refractivity contribution is 0.581. The predicted molar refractivity (Wildman–Crippen MR) is 71.1 cm³/mol. The minimum absolute atomic E-state index is 0.184. The molecule has 0 saturated heterocycles. The molecule has 1 aromatic heterocycles. The third-order valence-electron chi connectivity index (χ3n) is 2.47. The SMILES string of the molecule is O=S(=O)(NCCc1cc[nH]c1)c1cccc(Cl)c1. The maximum absolute atomic E-state index is 11.9. The molecule has 4 nitrogen and oxygen atoms in total. The minimum atomic E-state index is -3.48. The summed E-state index contributed by atoms with van der Waals surface area (Å²) in [6.45, 7) is 0.354. The minimum Gasteiger partial charge on any atom is -0.367 e. The summed E-state index contributed by atoms with van der Waals surface area (Å²) in [6, 6.07) is 8.11. The molecule has 0 fully saturated rings. The molecular weight excluding hydrogens is 272 g/mol. The second-order valence-corrected chi connectivity index (χ2v) is 6.03. The molecule has 2 aromatic rings. The van der Waals surface area contributed by atoms with Gasteiger partial charge < -0.3 is 4.98 Å². The Morgan fingerprint density at radius 3 is 2.78 bits per heavy atom. The van der Waals surface area contributed by atoms with Crippen molar-refractivity contribution in [2.24, 2.45) is 0 Å². The van der Waals surface area contributed by atoms with Gasteiger partial charge in [0.2, 0.25) is 10.0 Å². The van der Waals surface area contributed by atoms with Crippen LogP contribution in [0.3, 0.4) is 0 Å². The van der Waals surface area contributed by atoms with Crippen LogP contribution in [0.25, 0.3) is 0 Å². The topological polar surface area (TPSA) is 62.0 Å². The molecule has 0 unspecified atom stereocenters. The number of aromatic nitrogens is 1. The number of halogens is 1. The van der Waals surface area contributed by atoms with Crippen LogP contribution in [0, 0.1) is 0 Å². The van der Waals surface area contributed by atoms with Crippen molar-refractivity contribution >= 4 is 21.6 Å². The third kappa shape index (κ3) is 3.35.